The first-order chi connectivity index (χ1) is 9.06. The molecule has 1 aromatic heterocycles. The van der Waals surface area contributed by atoms with Crippen LogP contribution in [-0.2, 0) is 11.2 Å². The maximum atomic E-state index is 11.8. The lowest BCUT2D eigenvalue weighted by Gasteiger charge is -2.17. The molecule has 0 radical (unpaired) electrons. The quantitative estimate of drug-likeness (QED) is 0.762. The summed E-state index contributed by atoms with van der Waals surface area (Å²) >= 11 is 3.41. The summed E-state index contributed by atoms with van der Waals surface area (Å²) in [5, 5.41) is 12.9. The molecule has 0 bridgehead atoms. The van der Waals surface area contributed by atoms with Crippen molar-refractivity contribution >= 4 is 27.7 Å². The number of carbonyl (C=O) groups excluding carboxylic acids is 1. The van der Waals surface area contributed by atoms with E-state index in [1.165, 1.54) is 0 Å². The molecule has 1 aromatic rings. The van der Waals surface area contributed by atoms with Crippen molar-refractivity contribution < 1.29 is 9.90 Å². The summed E-state index contributed by atoms with van der Waals surface area (Å²) in [6, 6.07) is 2.00. The number of amides is 1. The number of rotatable bonds is 0. The predicted octanol–water partition coefficient (Wildman–Crippen LogP) is 1.76. The number of fused-ring (bicyclic) bond motifs is 1. The van der Waals surface area contributed by atoms with E-state index in [-0.39, 0.29) is 5.91 Å². The fourth-order valence-electron chi connectivity index (χ4n) is 2.11. The minimum Gasteiger partial charge on any atom is -0.374 e. The van der Waals surface area contributed by atoms with E-state index < -0.39 is 6.23 Å². The van der Waals surface area contributed by atoms with Crippen LogP contribution >= 0.6 is 15.9 Å². The molecule has 1 atom stereocenters. The number of anilines is 1. The topological polar surface area (TPSA) is 65.5 Å². The Morgan fingerprint density at radius 2 is 2.32 bits per heavy atom. The molecule has 0 aliphatic carbocycles. The summed E-state index contributed by atoms with van der Waals surface area (Å²) in [7, 11) is 1.81. The zero-order chi connectivity index (χ0) is 13.8. The summed E-state index contributed by atoms with van der Waals surface area (Å²) in [6.45, 7) is 0.723. The number of nitrogens with zero attached hydrogens (tertiary/aromatic N) is 2. The average Bonchev–Trinajstić information content (AvgIpc) is 2.39. The van der Waals surface area contributed by atoms with E-state index in [4.69, 9.17) is 0 Å². The molecular formula is C13H18BrN3O2. The van der Waals surface area contributed by atoms with Gasteiger partial charge in [-0.25, -0.2) is 4.98 Å². The molecule has 1 aliphatic rings. The predicted molar refractivity (Wildman–Crippen MR) is 76.8 cm³/mol. The van der Waals surface area contributed by atoms with Crippen molar-refractivity contribution in [2.75, 3.05) is 18.9 Å². The van der Waals surface area contributed by atoms with Gasteiger partial charge in [-0.1, -0.05) is 0 Å². The fourth-order valence-corrected chi connectivity index (χ4v) is 2.49. The zero-order valence-corrected chi connectivity index (χ0v) is 12.5. The van der Waals surface area contributed by atoms with Gasteiger partial charge >= 0.3 is 0 Å². The van der Waals surface area contributed by atoms with Crippen LogP contribution < -0.4 is 5.32 Å². The third-order valence-electron chi connectivity index (χ3n) is 3.23. The van der Waals surface area contributed by atoms with Gasteiger partial charge in [0.05, 0.1) is 0 Å². The van der Waals surface area contributed by atoms with Crippen LogP contribution in [0.2, 0.25) is 0 Å². The third-order valence-corrected chi connectivity index (χ3v) is 3.67. The van der Waals surface area contributed by atoms with Crippen LogP contribution in [0.4, 0.5) is 5.82 Å². The maximum Gasteiger partial charge on any atom is 0.222 e. The van der Waals surface area contributed by atoms with Crippen LogP contribution in [0, 0.1) is 0 Å². The summed E-state index contributed by atoms with van der Waals surface area (Å²) in [5.74, 6) is 0.772. The van der Waals surface area contributed by atoms with E-state index in [0.717, 1.165) is 29.4 Å². The highest BCUT2D eigenvalue weighted by molar-refractivity contribution is 9.10. The molecule has 1 amide bonds. The number of pyridine rings is 1. The second-order valence-corrected chi connectivity index (χ2v) is 5.69. The van der Waals surface area contributed by atoms with Crippen molar-refractivity contribution in [3.63, 3.8) is 0 Å². The number of carbonyl (C=O) groups is 1. The van der Waals surface area contributed by atoms with Crippen LogP contribution in [0.3, 0.4) is 0 Å². The molecule has 2 rings (SSSR count). The number of hydrogen-bond acceptors (Lipinski definition) is 4. The average molecular weight is 328 g/mol. The molecule has 0 saturated heterocycles. The van der Waals surface area contributed by atoms with E-state index >= 15 is 0 Å². The Morgan fingerprint density at radius 3 is 3.11 bits per heavy atom. The molecule has 19 heavy (non-hydrogen) atoms. The number of nitrogens with one attached hydrogen (secondary N) is 1. The molecule has 6 heteroatoms. The number of halogens is 1. The molecule has 1 aliphatic heterocycles. The largest absolute Gasteiger partial charge is 0.374 e. The molecule has 2 N–H and O–H groups in total. The molecule has 1 unspecified atom stereocenters. The van der Waals surface area contributed by atoms with Gasteiger partial charge in [-0.3, -0.25) is 4.79 Å². The number of aryl methyl sites for hydroxylation is 1. The van der Waals surface area contributed by atoms with Crippen LogP contribution in [0.1, 0.15) is 24.8 Å². The molecule has 104 valence electrons. The fraction of sp³-hybridized carbons (Fsp3) is 0.538. The number of aliphatic hydroxyl groups excluding tert-OH is 1. The van der Waals surface area contributed by atoms with Crippen molar-refractivity contribution in [3.8, 4) is 0 Å². The summed E-state index contributed by atoms with van der Waals surface area (Å²) in [4.78, 5) is 17.8. The van der Waals surface area contributed by atoms with Gasteiger partial charge < -0.3 is 15.3 Å². The van der Waals surface area contributed by atoms with Gasteiger partial charge in [0.15, 0.2) is 0 Å². The Labute approximate surface area is 121 Å². The second-order valence-electron chi connectivity index (χ2n) is 4.78. The highest BCUT2D eigenvalue weighted by Crippen LogP contribution is 2.21. The van der Waals surface area contributed by atoms with Crippen LogP contribution in [0.5, 0.6) is 0 Å². The smallest absolute Gasteiger partial charge is 0.222 e. The molecule has 0 fully saturated rings. The molecule has 0 saturated carbocycles. The van der Waals surface area contributed by atoms with Gasteiger partial charge in [0.25, 0.3) is 0 Å². The lowest BCUT2D eigenvalue weighted by Crippen LogP contribution is -2.29. The monoisotopic (exact) mass is 327 g/mol. The standard InChI is InChI=1S/C13H18BrN3O2/c1-17-6-2-3-9-7-10(14)8-15-13(9)16-11(18)4-5-12(17)19/h7-8,11,18H,2-6H2,1H3,(H,15,16). The van der Waals surface area contributed by atoms with Crippen LogP contribution in [0.25, 0.3) is 0 Å². The lowest BCUT2D eigenvalue weighted by molar-refractivity contribution is -0.130. The minimum absolute atomic E-state index is 0.0703. The highest BCUT2D eigenvalue weighted by Gasteiger charge is 2.16. The maximum absolute atomic E-state index is 11.8. The zero-order valence-electron chi connectivity index (χ0n) is 10.9. The first-order valence-electron chi connectivity index (χ1n) is 6.39. The Morgan fingerprint density at radius 1 is 1.53 bits per heavy atom. The van der Waals surface area contributed by atoms with Crippen molar-refractivity contribution in [1.82, 2.24) is 9.88 Å². The number of aliphatic hydroxyl groups is 1. The third kappa shape index (κ3) is 3.91. The van der Waals surface area contributed by atoms with Crippen LogP contribution in [-0.4, -0.2) is 40.7 Å². The van der Waals surface area contributed by atoms with Gasteiger partial charge in [0.2, 0.25) is 5.91 Å². The van der Waals surface area contributed by atoms with Gasteiger partial charge in [-0.05, 0) is 40.4 Å². The van der Waals surface area contributed by atoms with Gasteiger partial charge in [0, 0.05) is 37.1 Å². The molecule has 0 spiro atoms. The van der Waals surface area contributed by atoms with Gasteiger partial charge in [-0.2, -0.15) is 0 Å². The Balaban J connectivity index is 2.20. The van der Waals surface area contributed by atoms with E-state index in [1.54, 1.807) is 18.1 Å². The highest BCUT2D eigenvalue weighted by atomic mass is 79.9. The SMILES string of the molecule is CN1CCCc2cc(Br)cnc2NC(O)CCC1=O. The van der Waals surface area contributed by atoms with E-state index in [0.29, 0.717) is 18.7 Å². The number of hydrogen-bond donors (Lipinski definition) is 2. The van der Waals surface area contributed by atoms with Crippen molar-refractivity contribution in [3.05, 3.63) is 22.3 Å². The molecule has 2 heterocycles. The Kier molecular flexibility index (Phi) is 4.76. The summed E-state index contributed by atoms with van der Waals surface area (Å²) in [6.07, 6.45) is 3.39. The van der Waals surface area contributed by atoms with Crippen molar-refractivity contribution in [1.29, 1.82) is 0 Å². The van der Waals surface area contributed by atoms with Crippen LogP contribution in [0.15, 0.2) is 16.7 Å². The van der Waals surface area contributed by atoms with E-state index in [9.17, 15) is 9.90 Å². The van der Waals surface area contributed by atoms with Crippen molar-refractivity contribution in [2.45, 2.75) is 31.9 Å². The van der Waals surface area contributed by atoms with Gasteiger partial charge in [-0.15, -0.1) is 0 Å². The molecular weight excluding hydrogens is 310 g/mol. The van der Waals surface area contributed by atoms with E-state index in [2.05, 4.69) is 26.2 Å². The first kappa shape index (κ1) is 14.3. The summed E-state index contributed by atoms with van der Waals surface area (Å²) < 4.78 is 0.918. The Hall–Kier alpha value is -1.14. The number of aromatic nitrogens is 1. The van der Waals surface area contributed by atoms with E-state index in [1.807, 2.05) is 6.07 Å². The summed E-state index contributed by atoms with van der Waals surface area (Å²) in [5.41, 5.74) is 1.05. The van der Waals surface area contributed by atoms with Gasteiger partial charge in [0.1, 0.15) is 12.0 Å². The second kappa shape index (κ2) is 6.34. The van der Waals surface area contributed by atoms with Crippen molar-refractivity contribution in [2.24, 2.45) is 0 Å². The first-order valence-corrected chi connectivity index (χ1v) is 7.18. The lowest BCUT2D eigenvalue weighted by atomic mass is 10.1. The minimum atomic E-state index is -0.747. The molecule has 5 nitrogen and oxygen atoms in total. The molecule has 0 aromatic carbocycles. The normalized spacial score (nSPS) is 21.3. The Bertz CT molecular complexity index is 467.